The Balaban J connectivity index is 1.60. The van der Waals surface area contributed by atoms with Crippen LogP contribution in [0.5, 0.6) is 0 Å². The summed E-state index contributed by atoms with van der Waals surface area (Å²) >= 11 is 0. The maximum absolute atomic E-state index is 12.1. The van der Waals surface area contributed by atoms with Gasteiger partial charge < -0.3 is 14.8 Å². The van der Waals surface area contributed by atoms with Crippen molar-refractivity contribution >= 4 is 5.97 Å². The molecule has 114 valence electrons. The molecule has 0 aromatic rings. The summed E-state index contributed by atoms with van der Waals surface area (Å²) in [6, 6.07) is 0.841. The van der Waals surface area contributed by atoms with Gasteiger partial charge >= 0.3 is 5.97 Å². The van der Waals surface area contributed by atoms with Crippen molar-refractivity contribution in [1.29, 1.82) is 0 Å². The quantitative estimate of drug-likeness (QED) is 0.734. The van der Waals surface area contributed by atoms with Crippen LogP contribution in [-0.4, -0.2) is 61.4 Å². The minimum atomic E-state index is -0.179. The molecule has 2 saturated carbocycles. The van der Waals surface area contributed by atoms with E-state index in [4.69, 9.17) is 9.47 Å². The second-order valence-corrected chi connectivity index (χ2v) is 6.15. The number of nitrogens with one attached hydrogen (secondary N) is 1. The number of carbonyl (C=O) groups excluding carboxylic acids is 1. The van der Waals surface area contributed by atoms with E-state index in [2.05, 4.69) is 10.2 Å². The van der Waals surface area contributed by atoms with Crippen LogP contribution in [0.15, 0.2) is 0 Å². The Labute approximate surface area is 121 Å². The minimum absolute atomic E-state index is 0.0968. The molecule has 3 atom stereocenters. The standard InChI is InChI=1S/C15H26N2O3/c1-2-19-15(18)12(16-11-6-7-11)10-17-8-9-20-14-5-3-4-13(14)17/h11-14,16H,2-10H2,1H3. The fourth-order valence-corrected chi connectivity index (χ4v) is 3.44. The fraction of sp³-hybridized carbons (Fsp3) is 0.933. The normalized spacial score (nSPS) is 31.9. The third kappa shape index (κ3) is 3.32. The van der Waals surface area contributed by atoms with Crippen molar-refractivity contribution in [2.75, 3.05) is 26.3 Å². The molecule has 20 heavy (non-hydrogen) atoms. The van der Waals surface area contributed by atoms with Gasteiger partial charge in [-0.25, -0.2) is 0 Å². The molecule has 2 aliphatic carbocycles. The van der Waals surface area contributed by atoms with Crippen molar-refractivity contribution in [2.45, 2.75) is 63.3 Å². The first-order valence-electron chi connectivity index (χ1n) is 8.06. The summed E-state index contributed by atoms with van der Waals surface area (Å²) in [5.74, 6) is -0.0968. The number of esters is 1. The topological polar surface area (TPSA) is 50.8 Å². The summed E-state index contributed by atoms with van der Waals surface area (Å²) in [6.07, 6.45) is 6.36. The molecule has 5 nitrogen and oxygen atoms in total. The zero-order valence-electron chi connectivity index (χ0n) is 12.3. The molecule has 3 unspecified atom stereocenters. The Morgan fingerprint density at radius 1 is 1.40 bits per heavy atom. The molecular weight excluding hydrogens is 256 g/mol. The van der Waals surface area contributed by atoms with Crippen LogP contribution < -0.4 is 5.32 Å². The summed E-state index contributed by atoms with van der Waals surface area (Å²) in [6.45, 7) is 4.81. The lowest BCUT2D eigenvalue weighted by atomic mass is 10.1. The van der Waals surface area contributed by atoms with Crippen LogP contribution in [0.25, 0.3) is 0 Å². The number of rotatable bonds is 6. The van der Waals surface area contributed by atoms with Gasteiger partial charge in [-0.1, -0.05) is 0 Å². The van der Waals surface area contributed by atoms with E-state index in [0.29, 0.717) is 24.8 Å². The monoisotopic (exact) mass is 282 g/mol. The maximum atomic E-state index is 12.1. The Bertz CT molecular complexity index is 346. The fourth-order valence-electron chi connectivity index (χ4n) is 3.44. The molecule has 0 aromatic heterocycles. The molecule has 1 N–H and O–H groups in total. The first-order valence-corrected chi connectivity index (χ1v) is 8.06. The highest BCUT2D eigenvalue weighted by Gasteiger charge is 2.39. The van der Waals surface area contributed by atoms with E-state index in [-0.39, 0.29) is 12.0 Å². The number of hydrogen-bond donors (Lipinski definition) is 1. The van der Waals surface area contributed by atoms with Gasteiger partial charge in [-0.2, -0.15) is 0 Å². The number of hydrogen-bond acceptors (Lipinski definition) is 5. The number of nitrogens with zero attached hydrogens (tertiary/aromatic N) is 1. The Morgan fingerprint density at radius 2 is 2.25 bits per heavy atom. The second-order valence-electron chi connectivity index (χ2n) is 6.15. The van der Waals surface area contributed by atoms with Gasteiger partial charge in [-0.15, -0.1) is 0 Å². The van der Waals surface area contributed by atoms with Crippen LogP contribution in [0.3, 0.4) is 0 Å². The van der Waals surface area contributed by atoms with Crippen molar-refractivity contribution in [1.82, 2.24) is 10.2 Å². The average Bonchev–Trinajstić information content (AvgIpc) is 3.12. The lowest BCUT2D eigenvalue weighted by Crippen LogP contribution is -2.55. The van der Waals surface area contributed by atoms with Gasteiger partial charge in [0.1, 0.15) is 6.04 Å². The Morgan fingerprint density at radius 3 is 3.00 bits per heavy atom. The summed E-state index contributed by atoms with van der Waals surface area (Å²) in [5.41, 5.74) is 0. The molecule has 1 saturated heterocycles. The van der Waals surface area contributed by atoms with Gasteiger partial charge in [0.25, 0.3) is 0 Å². The van der Waals surface area contributed by atoms with Crippen molar-refractivity contribution in [3.05, 3.63) is 0 Å². The van der Waals surface area contributed by atoms with E-state index in [1.807, 2.05) is 6.92 Å². The van der Waals surface area contributed by atoms with Gasteiger partial charge in [0.2, 0.25) is 0 Å². The predicted octanol–water partition coefficient (Wildman–Crippen LogP) is 0.923. The number of fused-ring (bicyclic) bond motifs is 1. The molecule has 0 bridgehead atoms. The van der Waals surface area contributed by atoms with Crippen LogP contribution in [0.1, 0.15) is 39.0 Å². The summed E-state index contributed by atoms with van der Waals surface area (Å²) in [4.78, 5) is 14.6. The molecular formula is C15H26N2O3. The minimum Gasteiger partial charge on any atom is -0.465 e. The lowest BCUT2D eigenvalue weighted by Gasteiger charge is -2.39. The molecule has 3 fully saturated rings. The van der Waals surface area contributed by atoms with Gasteiger partial charge in [-0.05, 0) is 39.0 Å². The van der Waals surface area contributed by atoms with E-state index in [1.54, 1.807) is 0 Å². The first kappa shape index (κ1) is 14.3. The molecule has 5 heteroatoms. The Hall–Kier alpha value is -0.650. The maximum Gasteiger partial charge on any atom is 0.324 e. The summed E-state index contributed by atoms with van der Waals surface area (Å²) < 4.78 is 11.1. The second kappa shape index (κ2) is 6.41. The molecule has 0 radical (unpaired) electrons. The van der Waals surface area contributed by atoms with Crippen LogP contribution in [0.2, 0.25) is 0 Å². The highest BCUT2D eigenvalue weighted by molar-refractivity contribution is 5.76. The predicted molar refractivity (Wildman–Crippen MR) is 75.5 cm³/mol. The number of morpholine rings is 1. The zero-order chi connectivity index (χ0) is 13.9. The van der Waals surface area contributed by atoms with Crippen molar-refractivity contribution in [2.24, 2.45) is 0 Å². The molecule has 0 aromatic carbocycles. The molecule has 0 amide bonds. The van der Waals surface area contributed by atoms with E-state index < -0.39 is 0 Å². The third-order valence-electron chi connectivity index (χ3n) is 4.60. The number of ether oxygens (including phenoxy) is 2. The van der Waals surface area contributed by atoms with Gasteiger partial charge in [0.05, 0.1) is 19.3 Å². The highest BCUT2D eigenvalue weighted by atomic mass is 16.5. The molecule has 0 spiro atoms. The molecule has 3 rings (SSSR count). The van der Waals surface area contributed by atoms with E-state index in [1.165, 1.54) is 32.1 Å². The molecule has 1 heterocycles. The highest BCUT2D eigenvalue weighted by Crippen LogP contribution is 2.30. The van der Waals surface area contributed by atoms with Crippen molar-refractivity contribution in [3.8, 4) is 0 Å². The van der Waals surface area contributed by atoms with E-state index in [9.17, 15) is 4.79 Å². The van der Waals surface area contributed by atoms with Crippen LogP contribution in [0.4, 0.5) is 0 Å². The van der Waals surface area contributed by atoms with Crippen LogP contribution in [0, 0.1) is 0 Å². The summed E-state index contributed by atoms with van der Waals surface area (Å²) in [7, 11) is 0. The third-order valence-corrected chi connectivity index (χ3v) is 4.60. The van der Waals surface area contributed by atoms with E-state index >= 15 is 0 Å². The van der Waals surface area contributed by atoms with Gasteiger partial charge in [0.15, 0.2) is 0 Å². The van der Waals surface area contributed by atoms with Crippen molar-refractivity contribution < 1.29 is 14.3 Å². The van der Waals surface area contributed by atoms with Crippen LogP contribution in [-0.2, 0) is 14.3 Å². The summed E-state index contributed by atoms with van der Waals surface area (Å²) in [5, 5.41) is 3.45. The lowest BCUT2D eigenvalue weighted by molar-refractivity contribution is -0.147. The molecule has 1 aliphatic heterocycles. The smallest absolute Gasteiger partial charge is 0.324 e. The van der Waals surface area contributed by atoms with E-state index in [0.717, 1.165) is 19.7 Å². The van der Waals surface area contributed by atoms with Gasteiger partial charge in [0, 0.05) is 25.2 Å². The first-order chi connectivity index (χ1) is 9.78. The van der Waals surface area contributed by atoms with Gasteiger partial charge in [-0.3, -0.25) is 9.69 Å². The SMILES string of the molecule is CCOC(=O)C(CN1CCOC2CCCC21)NC1CC1. The zero-order valence-corrected chi connectivity index (χ0v) is 12.3. The van der Waals surface area contributed by atoms with Crippen LogP contribution >= 0.6 is 0 Å². The van der Waals surface area contributed by atoms with Crippen molar-refractivity contribution in [3.63, 3.8) is 0 Å². The molecule has 3 aliphatic rings. The largest absolute Gasteiger partial charge is 0.465 e. The average molecular weight is 282 g/mol. The Kier molecular flexibility index (Phi) is 4.58. The number of carbonyl (C=O) groups is 1.